The van der Waals surface area contributed by atoms with E-state index in [2.05, 4.69) is 196 Å². The van der Waals surface area contributed by atoms with Crippen LogP contribution in [0.2, 0.25) is 0 Å². The minimum absolute atomic E-state index is 0.0449. The van der Waals surface area contributed by atoms with Gasteiger partial charge in [0.05, 0.1) is 28.6 Å². The summed E-state index contributed by atoms with van der Waals surface area (Å²) in [6, 6.07) is 43.1. The van der Waals surface area contributed by atoms with E-state index in [4.69, 9.17) is 4.74 Å². The number of benzene rings is 5. The first-order valence-corrected chi connectivity index (χ1v) is 19.4. The van der Waals surface area contributed by atoms with Crippen LogP contribution in [0.1, 0.15) is 17.0 Å². The van der Waals surface area contributed by atoms with E-state index >= 15 is 0 Å². The summed E-state index contributed by atoms with van der Waals surface area (Å²) < 4.78 is 9.01. The topological polar surface area (TPSA) is 41.5 Å². The van der Waals surface area contributed by atoms with Crippen molar-refractivity contribution in [1.82, 2.24) is 15.2 Å². The molecule has 0 amide bonds. The number of aromatic nitrogens is 1. The number of dihydropyridines is 1. The second-order valence-corrected chi connectivity index (χ2v) is 15.3. The molecule has 5 unspecified atom stereocenters. The van der Waals surface area contributed by atoms with Crippen molar-refractivity contribution in [2.75, 3.05) is 11.4 Å². The van der Waals surface area contributed by atoms with Crippen molar-refractivity contribution in [3.05, 3.63) is 193 Å². The van der Waals surface area contributed by atoms with Crippen LogP contribution in [-0.2, 0) is 0 Å². The van der Waals surface area contributed by atoms with Crippen molar-refractivity contribution in [1.29, 1.82) is 0 Å². The number of rotatable bonds is 3. The molecular formula is C50H38N4O. The molecule has 4 aliphatic heterocycles. The number of nitrogens with one attached hydrogen (secondary N) is 2. The predicted octanol–water partition coefficient (Wildman–Crippen LogP) is 10.7. The number of para-hydroxylation sites is 3. The molecule has 0 spiro atoms. The van der Waals surface area contributed by atoms with E-state index < -0.39 is 0 Å². The standard InChI is InChI=1S/C50H38N4O/c1-5-15-42-38(12-1)47-39-13-2-6-16-43(39)54(35-26-27-37-36-11-4-8-18-45(36)55-46(37)30-35)50(47)40-14-3-7-17-44(40)53(42)34-24-21-31(22-25-34)41-28-23-33-20-19-32-10-9-29-51-48(32)49(33)52-41/h1-28,30,32,36,45,48-49,51-52H,29H2. The maximum Gasteiger partial charge on any atom is 0.128 e. The molecule has 12 rings (SSSR count). The van der Waals surface area contributed by atoms with Gasteiger partial charge in [0.15, 0.2) is 0 Å². The summed E-state index contributed by atoms with van der Waals surface area (Å²) in [5.41, 5.74) is 15.4. The highest BCUT2D eigenvalue weighted by molar-refractivity contribution is 6.13. The molecule has 6 aliphatic rings. The molecule has 55 heavy (non-hydrogen) atoms. The highest BCUT2D eigenvalue weighted by Gasteiger charge is 2.36. The number of hydrogen-bond acceptors (Lipinski definition) is 4. The van der Waals surface area contributed by atoms with Gasteiger partial charge >= 0.3 is 0 Å². The van der Waals surface area contributed by atoms with E-state index in [1.54, 1.807) is 0 Å². The van der Waals surface area contributed by atoms with Crippen LogP contribution >= 0.6 is 0 Å². The molecule has 0 saturated heterocycles. The maximum absolute atomic E-state index is 6.55. The molecule has 2 N–H and O–H groups in total. The van der Waals surface area contributed by atoms with Crippen molar-refractivity contribution >= 4 is 33.7 Å². The fraction of sp³-hybridized carbons (Fsp3) is 0.120. The molecular weight excluding hydrogens is 673 g/mol. The van der Waals surface area contributed by atoms with Crippen LogP contribution in [0.5, 0.6) is 5.75 Å². The Balaban J connectivity index is 0.994. The van der Waals surface area contributed by atoms with Gasteiger partial charge < -0.3 is 24.8 Å². The zero-order valence-corrected chi connectivity index (χ0v) is 30.1. The average molecular weight is 711 g/mol. The highest BCUT2D eigenvalue weighted by atomic mass is 16.5. The lowest BCUT2D eigenvalue weighted by atomic mass is 9.80. The third-order valence-electron chi connectivity index (χ3n) is 12.3. The van der Waals surface area contributed by atoms with Gasteiger partial charge in [-0.05, 0) is 59.7 Å². The third-order valence-corrected chi connectivity index (χ3v) is 12.3. The normalized spacial score (nSPS) is 23.5. The maximum atomic E-state index is 6.55. The lowest BCUT2D eigenvalue weighted by molar-refractivity contribution is 0.269. The zero-order valence-electron chi connectivity index (χ0n) is 30.1. The molecule has 5 nitrogen and oxygen atoms in total. The number of anilines is 3. The average Bonchev–Trinajstić information content (AvgIpc) is 3.76. The van der Waals surface area contributed by atoms with Gasteiger partial charge in [-0.2, -0.15) is 0 Å². The monoisotopic (exact) mass is 710 g/mol. The van der Waals surface area contributed by atoms with Crippen molar-refractivity contribution in [2.24, 2.45) is 5.92 Å². The van der Waals surface area contributed by atoms with E-state index in [1.807, 2.05) is 0 Å². The van der Waals surface area contributed by atoms with Gasteiger partial charge in [-0.1, -0.05) is 121 Å². The number of hydrogen-bond donors (Lipinski definition) is 2. The molecule has 0 radical (unpaired) electrons. The van der Waals surface area contributed by atoms with Crippen molar-refractivity contribution in [3.8, 4) is 33.8 Å². The van der Waals surface area contributed by atoms with Crippen molar-refractivity contribution < 1.29 is 4.74 Å². The third kappa shape index (κ3) is 4.63. The molecule has 5 heterocycles. The van der Waals surface area contributed by atoms with Crippen LogP contribution in [0.4, 0.5) is 17.1 Å². The van der Waals surface area contributed by atoms with Gasteiger partial charge in [0, 0.05) is 75.2 Å². The van der Waals surface area contributed by atoms with Crippen LogP contribution in [0.15, 0.2) is 182 Å². The fourth-order valence-electron chi connectivity index (χ4n) is 9.80. The van der Waals surface area contributed by atoms with Crippen LogP contribution in [0, 0.1) is 5.92 Å². The van der Waals surface area contributed by atoms with Gasteiger partial charge in [-0.15, -0.1) is 0 Å². The number of ether oxygens (including phenoxy) is 1. The van der Waals surface area contributed by atoms with Crippen LogP contribution in [-0.4, -0.2) is 29.3 Å². The van der Waals surface area contributed by atoms with E-state index in [0.717, 1.165) is 40.7 Å². The molecule has 0 bridgehead atoms. The summed E-state index contributed by atoms with van der Waals surface area (Å²) in [6.07, 6.45) is 22.4. The summed E-state index contributed by atoms with van der Waals surface area (Å²) in [6.45, 7) is 0.910. The summed E-state index contributed by atoms with van der Waals surface area (Å²) in [5.74, 6) is 1.61. The Labute approximate surface area is 320 Å². The number of nitrogens with zero attached hydrogens (tertiary/aromatic N) is 2. The van der Waals surface area contributed by atoms with Gasteiger partial charge in [0.2, 0.25) is 0 Å². The largest absolute Gasteiger partial charge is 0.485 e. The van der Waals surface area contributed by atoms with Crippen LogP contribution < -0.4 is 20.3 Å². The van der Waals surface area contributed by atoms with Crippen LogP contribution in [0.25, 0.3) is 44.7 Å². The Morgan fingerprint density at radius 1 is 0.691 bits per heavy atom. The first-order chi connectivity index (χ1) is 27.3. The van der Waals surface area contributed by atoms with Crippen LogP contribution in [0.3, 0.4) is 0 Å². The summed E-state index contributed by atoms with van der Waals surface area (Å²) in [5, 5.41) is 8.86. The molecule has 1 aromatic heterocycles. The molecule has 264 valence electrons. The predicted molar refractivity (Wildman–Crippen MR) is 224 cm³/mol. The summed E-state index contributed by atoms with van der Waals surface area (Å²) in [4.78, 5) is 2.44. The van der Waals surface area contributed by atoms with Gasteiger partial charge in [0.25, 0.3) is 0 Å². The highest BCUT2D eigenvalue weighted by Crippen LogP contribution is 2.55. The minimum Gasteiger partial charge on any atom is -0.485 e. The fourth-order valence-corrected chi connectivity index (χ4v) is 9.80. The first-order valence-electron chi connectivity index (χ1n) is 19.4. The molecule has 0 fully saturated rings. The molecule has 5 atom stereocenters. The Hall–Kier alpha value is -6.56. The quantitative estimate of drug-likeness (QED) is 0.179. The first kappa shape index (κ1) is 30.9. The molecule has 5 aromatic carbocycles. The molecule has 6 aromatic rings. The van der Waals surface area contributed by atoms with E-state index in [1.165, 1.54) is 50.0 Å². The summed E-state index contributed by atoms with van der Waals surface area (Å²) >= 11 is 0. The van der Waals surface area contributed by atoms with Gasteiger partial charge in [-0.25, -0.2) is 0 Å². The Morgan fingerprint density at radius 2 is 1.47 bits per heavy atom. The smallest absolute Gasteiger partial charge is 0.128 e. The SMILES string of the molecule is C1=CC2Oc3cc(-n4c5c(c6ccccc64)-c4ccccc4N(c4ccc(C6=CC=C7C=CC8C=CCNC8C7N6)cc4)c4ccccc4-5)ccc3C2C=C1. The molecule has 2 aliphatic carbocycles. The lowest BCUT2D eigenvalue weighted by Crippen LogP contribution is -2.55. The number of allylic oxidation sites excluding steroid dienone is 4. The lowest BCUT2D eigenvalue weighted by Gasteiger charge is -2.40. The molecule has 0 saturated carbocycles. The second kappa shape index (κ2) is 12.0. The molecule has 5 heteroatoms. The second-order valence-electron chi connectivity index (χ2n) is 15.3. The number of fused-ring (bicyclic) bond motifs is 13. The van der Waals surface area contributed by atoms with Crippen molar-refractivity contribution in [3.63, 3.8) is 0 Å². The van der Waals surface area contributed by atoms with E-state index in [0.29, 0.717) is 12.0 Å². The Bertz CT molecular complexity index is 2760. The zero-order chi connectivity index (χ0) is 36.0. The van der Waals surface area contributed by atoms with Gasteiger partial charge in [-0.3, -0.25) is 0 Å². The Kier molecular flexibility index (Phi) is 6.72. The minimum atomic E-state index is 0.0449. The van der Waals surface area contributed by atoms with E-state index in [-0.39, 0.29) is 18.1 Å². The van der Waals surface area contributed by atoms with Crippen molar-refractivity contribution in [2.45, 2.75) is 24.1 Å². The van der Waals surface area contributed by atoms with E-state index in [9.17, 15) is 0 Å². The summed E-state index contributed by atoms with van der Waals surface area (Å²) in [7, 11) is 0. The van der Waals surface area contributed by atoms with Gasteiger partial charge in [0.1, 0.15) is 11.9 Å². The Morgan fingerprint density at radius 3 is 2.38 bits per heavy atom.